The van der Waals surface area contributed by atoms with E-state index in [4.69, 9.17) is 14.5 Å². The monoisotopic (exact) mass is 676 g/mol. The summed E-state index contributed by atoms with van der Waals surface area (Å²) >= 11 is 0. The van der Waals surface area contributed by atoms with Gasteiger partial charge in [-0.3, -0.25) is 24.1 Å². The fourth-order valence-corrected chi connectivity index (χ4v) is 6.74. The molecular formula is C37H32N4O9. The number of aliphatic hydroxyl groups is 1. The molecule has 50 heavy (non-hydrogen) atoms. The van der Waals surface area contributed by atoms with Crippen molar-refractivity contribution in [1.82, 2.24) is 14.5 Å². The van der Waals surface area contributed by atoms with E-state index >= 15 is 0 Å². The normalized spacial score (nSPS) is 17.4. The number of anilines is 1. The van der Waals surface area contributed by atoms with Gasteiger partial charge in [-0.25, -0.2) is 14.6 Å². The van der Waals surface area contributed by atoms with Gasteiger partial charge in [-0.1, -0.05) is 13.8 Å². The van der Waals surface area contributed by atoms with E-state index in [-0.39, 0.29) is 60.7 Å². The first-order valence-electron chi connectivity index (χ1n) is 16.3. The zero-order valence-electron chi connectivity index (χ0n) is 27.3. The number of nitrogens with zero attached hydrogens (tertiary/aromatic N) is 3. The highest BCUT2D eigenvalue weighted by atomic mass is 16.6. The first-order chi connectivity index (χ1) is 24.0. The molecule has 254 valence electrons. The molecular weight excluding hydrogens is 644 g/mol. The van der Waals surface area contributed by atoms with Crippen LogP contribution in [0.5, 0.6) is 5.75 Å². The van der Waals surface area contributed by atoms with Crippen LogP contribution in [0.1, 0.15) is 65.7 Å². The van der Waals surface area contributed by atoms with Crippen LogP contribution < -0.4 is 15.6 Å². The first-order valence-corrected chi connectivity index (χ1v) is 16.3. The van der Waals surface area contributed by atoms with E-state index in [0.717, 1.165) is 21.4 Å². The Morgan fingerprint density at radius 2 is 1.74 bits per heavy atom. The molecule has 4 aromatic rings. The zero-order chi connectivity index (χ0) is 35.3. The van der Waals surface area contributed by atoms with Crippen LogP contribution in [-0.2, 0) is 49.1 Å². The predicted octanol–water partition coefficient (Wildman–Crippen LogP) is 3.50. The molecule has 3 aliphatic heterocycles. The van der Waals surface area contributed by atoms with Crippen molar-refractivity contribution >= 4 is 46.3 Å². The van der Waals surface area contributed by atoms with Gasteiger partial charge in [-0.2, -0.15) is 0 Å². The third-order valence-electron chi connectivity index (χ3n) is 9.43. The Kier molecular flexibility index (Phi) is 8.14. The molecule has 0 spiro atoms. The van der Waals surface area contributed by atoms with Gasteiger partial charge in [-0.15, -0.1) is 0 Å². The number of hydrogen-bond donors (Lipinski definition) is 2. The maximum absolute atomic E-state index is 13.6. The second kappa shape index (κ2) is 12.5. The van der Waals surface area contributed by atoms with Crippen LogP contribution >= 0.6 is 0 Å². The highest BCUT2D eigenvalue weighted by Gasteiger charge is 2.45. The Morgan fingerprint density at radius 1 is 1.00 bits per heavy atom. The Hall–Kier alpha value is -5.95. The summed E-state index contributed by atoms with van der Waals surface area (Å²) in [5.41, 5.74) is 2.48. The number of hydrogen-bond acceptors (Lipinski definition) is 10. The Morgan fingerprint density at radius 3 is 2.44 bits per heavy atom. The highest BCUT2D eigenvalue weighted by Crippen LogP contribution is 2.40. The van der Waals surface area contributed by atoms with Crippen LogP contribution in [0.25, 0.3) is 22.3 Å². The number of amides is 3. The number of carbonyl (C=O) groups is 5. The van der Waals surface area contributed by atoms with E-state index in [9.17, 15) is 33.9 Å². The molecule has 1 atom stereocenters. The summed E-state index contributed by atoms with van der Waals surface area (Å²) in [5.74, 6) is -2.16. The molecule has 0 saturated heterocycles. The van der Waals surface area contributed by atoms with E-state index in [1.54, 1.807) is 47.9 Å². The summed E-state index contributed by atoms with van der Waals surface area (Å²) in [6.45, 7) is 3.84. The molecule has 0 saturated carbocycles. The van der Waals surface area contributed by atoms with Crippen LogP contribution in [-0.4, -0.2) is 55.8 Å². The second-order valence-corrected chi connectivity index (χ2v) is 12.3. The number of aryl methyl sites for hydroxylation is 1. The van der Waals surface area contributed by atoms with Crippen LogP contribution in [0.15, 0.2) is 65.5 Å². The number of esters is 2. The number of nitrogens with one attached hydrogen (secondary N) is 1. The van der Waals surface area contributed by atoms with Gasteiger partial charge in [0.1, 0.15) is 12.4 Å². The van der Waals surface area contributed by atoms with Crippen molar-refractivity contribution < 1.29 is 38.6 Å². The summed E-state index contributed by atoms with van der Waals surface area (Å²) in [6, 6.07) is 13.0. The highest BCUT2D eigenvalue weighted by molar-refractivity contribution is 6.12. The molecule has 3 aliphatic rings. The molecule has 0 fully saturated rings. The Bertz CT molecular complexity index is 2220. The lowest BCUT2D eigenvalue weighted by Crippen LogP contribution is -2.44. The molecule has 0 bridgehead atoms. The Labute approximate surface area is 285 Å². The topological polar surface area (TPSA) is 174 Å². The lowest BCUT2D eigenvalue weighted by molar-refractivity contribution is -0.172. The van der Waals surface area contributed by atoms with Gasteiger partial charge in [0, 0.05) is 47.3 Å². The summed E-state index contributed by atoms with van der Waals surface area (Å²) in [7, 11) is 0. The molecule has 13 nitrogen and oxygen atoms in total. The van der Waals surface area contributed by atoms with Crippen molar-refractivity contribution in [2.24, 2.45) is 0 Å². The average molecular weight is 677 g/mol. The summed E-state index contributed by atoms with van der Waals surface area (Å²) in [4.78, 5) is 80.8. The van der Waals surface area contributed by atoms with Gasteiger partial charge in [0.25, 0.3) is 17.4 Å². The predicted molar refractivity (Wildman–Crippen MR) is 179 cm³/mol. The minimum atomic E-state index is -1.92. The van der Waals surface area contributed by atoms with Crippen LogP contribution in [0.3, 0.4) is 0 Å². The lowest BCUT2D eigenvalue weighted by Gasteiger charge is -2.31. The molecule has 5 heterocycles. The smallest absolute Gasteiger partial charge is 0.343 e. The third-order valence-corrected chi connectivity index (χ3v) is 9.43. The minimum Gasteiger partial charge on any atom is -0.458 e. The van der Waals surface area contributed by atoms with Crippen molar-refractivity contribution in [2.45, 2.75) is 58.3 Å². The van der Waals surface area contributed by atoms with Crippen LogP contribution in [0.2, 0.25) is 0 Å². The number of ether oxygens (including phenoxy) is 2. The molecule has 7 rings (SSSR count). The number of carbonyl (C=O) groups excluding carboxylic acids is 5. The molecule has 3 amide bonds. The van der Waals surface area contributed by atoms with Crippen LogP contribution in [0, 0.1) is 0 Å². The fourth-order valence-electron chi connectivity index (χ4n) is 6.74. The van der Waals surface area contributed by atoms with Crippen molar-refractivity contribution in [1.29, 1.82) is 0 Å². The van der Waals surface area contributed by atoms with Gasteiger partial charge in [0.15, 0.2) is 5.60 Å². The maximum Gasteiger partial charge on any atom is 0.343 e. The standard InChI is InChI=1S/C37H32N4O9/c1-3-23-24-16-22(50-35(46)20-7-9-21(10-8-20)38-30(42)6-5-15-40-31(43)13-14-32(40)44)11-12-28(24)39-33-25(23)18-41-29(33)17-27-26(34(41)45)19-49-36(47)37(27,48)4-2/h7-14,16-17,48H,3-6,15,18-19H2,1-2H3,(H,38,42)/t37-/m0/s1. The van der Waals surface area contributed by atoms with E-state index in [2.05, 4.69) is 5.32 Å². The van der Waals surface area contributed by atoms with E-state index in [1.165, 1.54) is 24.3 Å². The number of cyclic esters (lactones) is 1. The molecule has 2 N–H and O–H groups in total. The van der Waals surface area contributed by atoms with E-state index in [0.29, 0.717) is 41.2 Å². The maximum atomic E-state index is 13.6. The van der Waals surface area contributed by atoms with Crippen molar-refractivity contribution in [2.75, 3.05) is 11.9 Å². The van der Waals surface area contributed by atoms with Gasteiger partial charge < -0.3 is 24.5 Å². The quantitative estimate of drug-likeness (QED) is 0.134. The van der Waals surface area contributed by atoms with Gasteiger partial charge in [0.2, 0.25) is 5.91 Å². The summed E-state index contributed by atoms with van der Waals surface area (Å²) in [5, 5.41) is 14.7. The zero-order valence-corrected chi connectivity index (χ0v) is 27.3. The van der Waals surface area contributed by atoms with E-state index in [1.807, 2.05) is 6.92 Å². The average Bonchev–Trinajstić information content (AvgIpc) is 3.64. The third kappa shape index (κ3) is 5.45. The molecule has 0 aliphatic carbocycles. The number of imide groups is 1. The molecule has 13 heteroatoms. The second-order valence-electron chi connectivity index (χ2n) is 12.3. The largest absolute Gasteiger partial charge is 0.458 e. The molecule has 2 aromatic heterocycles. The number of rotatable bonds is 9. The molecule has 2 aromatic carbocycles. The number of pyridine rings is 2. The molecule has 0 unspecified atom stereocenters. The van der Waals surface area contributed by atoms with Crippen LogP contribution in [0.4, 0.5) is 5.69 Å². The van der Waals surface area contributed by atoms with Crippen molar-refractivity contribution in [3.8, 4) is 17.1 Å². The first kappa shape index (κ1) is 32.6. The van der Waals surface area contributed by atoms with Crippen molar-refractivity contribution in [3.05, 3.63) is 98.9 Å². The summed E-state index contributed by atoms with van der Waals surface area (Å²) < 4.78 is 12.5. The SMILES string of the molecule is CCc1c2c(nc3ccc(OC(=O)c4ccc(NC(=O)CCCN5C(=O)C=CC5=O)cc4)cc13)-c1cc3c(c(=O)n1C2)COC(=O)[C@]3(O)CC. The van der Waals surface area contributed by atoms with Crippen molar-refractivity contribution in [3.63, 3.8) is 0 Å². The van der Waals surface area contributed by atoms with Gasteiger partial charge >= 0.3 is 11.9 Å². The minimum absolute atomic E-state index is 0.0509. The number of benzene rings is 2. The van der Waals surface area contributed by atoms with Gasteiger partial charge in [0.05, 0.1) is 34.6 Å². The number of fused-ring (bicyclic) bond motifs is 5. The molecule has 0 radical (unpaired) electrons. The lowest BCUT2D eigenvalue weighted by atomic mass is 9.86. The summed E-state index contributed by atoms with van der Waals surface area (Å²) in [6.07, 6.45) is 3.46. The Balaban J connectivity index is 1.07. The fraction of sp³-hybridized carbons (Fsp3) is 0.270. The van der Waals surface area contributed by atoms with E-state index < -0.39 is 29.4 Å². The van der Waals surface area contributed by atoms with Gasteiger partial charge in [-0.05, 0) is 73.4 Å². The number of aromatic nitrogens is 2.